The van der Waals surface area contributed by atoms with Crippen LogP contribution in [0, 0.1) is 5.92 Å². The fourth-order valence-corrected chi connectivity index (χ4v) is 3.49. The lowest BCUT2D eigenvalue weighted by atomic mass is 9.98. The molecule has 0 N–H and O–H groups in total. The normalized spacial score (nSPS) is 17.0. The van der Waals surface area contributed by atoms with Crippen LogP contribution in [0.1, 0.15) is 43.5 Å². The second kappa shape index (κ2) is 7.98. The van der Waals surface area contributed by atoms with Crippen LogP contribution in [0.3, 0.4) is 0 Å². The molecule has 1 fully saturated rings. The van der Waals surface area contributed by atoms with Gasteiger partial charge in [0.1, 0.15) is 0 Å². The van der Waals surface area contributed by atoms with Gasteiger partial charge in [0.2, 0.25) is 0 Å². The minimum atomic E-state index is 0.0192. The van der Waals surface area contributed by atoms with Crippen LogP contribution in [0.5, 0.6) is 0 Å². The summed E-state index contributed by atoms with van der Waals surface area (Å²) in [7, 11) is 1.90. The maximum Gasteiger partial charge on any atom is 0.255 e. The van der Waals surface area contributed by atoms with Gasteiger partial charge >= 0.3 is 0 Å². The number of nitrogens with zero attached hydrogens (tertiary/aromatic N) is 2. The molecule has 0 aromatic heterocycles. The van der Waals surface area contributed by atoms with Crippen molar-refractivity contribution in [3.05, 3.63) is 34.9 Å². The average Bonchev–Trinajstić information content (AvgIpc) is 3.00. The zero-order chi connectivity index (χ0) is 16.1. The van der Waals surface area contributed by atoms with Crippen molar-refractivity contribution in [2.24, 2.45) is 5.92 Å². The van der Waals surface area contributed by atoms with Crippen molar-refractivity contribution < 1.29 is 4.79 Å². The lowest BCUT2D eigenvalue weighted by Crippen LogP contribution is -2.42. The summed E-state index contributed by atoms with van der Waals surface area (Å²) in [6.07, 6.45) is 3.63. The highest BCUT2D eigenvalue weighted by atomic mass is 35.5. The van der Waals surface area contributed by atoms with Gasteiger partial charge in [-0.1, -0.05) is 37.6 Å². The molecule has 1 aliphatic rings. The van der Waals surface area contributed by atoms with Gasteiger partial charge in [-0.2, -0.15) is 0 Å². The number of hydrogen-bond acceptors (Lipinski definition) is 2. The number of halogens is 1. The highest BCUT2D eigenvalue weighted by molar-refractivity contribution is 6.33. The van der Waals surface area contributed by atoms with Gasteiger partial charge in [-0.3, -0.25) is 4.79 Å². The number of amides is 1. The molecule has 1 saturated heterocycles. The van der Waals surface area contributed by atoms with E-state index in [-0.39, 0.29) is 11.9 Å². The molecule has 0 bridgehead atoms. The summed E-state index contributed by atoms with van der Waals surface area (Å²) in [5, 5.41) is 0.529. The first-order valence-corrected chi connectivity index (χ1v) is 8.62. The van der Waals surface area contributed by atoms with Gasteiger partial charge in [-0.15, -0.1) is 0 Å². The second-order valence-electron chi connectivity index (χ2n) is 6.54. The minimum absolute atomic E-state index is 0.0192. The SMILES string of the molecule is CC(C)[C@@H](CCN1CCCC1)N(C)C(=O)c1ccccc1Cl. The molecule has 22 heavy (non-hydrogen) atoms. The Morgan fingerprint density at radius 2 is 1.91 bits per heavy atom. The van der Waals surface area contributed by atoms with Crippen molar-refractivity contribution in [1.29, 1.82) is 0 Å². The number of benzene rings is 1. The van der Waals surface area contributed by atoms with Gasteiger partial charge in [0.05, 0.1) is 10.6 Å². The fourth-order valence-electron chi connectivity index (χ4n) is 3.27. The molecule has 1 atom stereocenters. The van der Waals surface area contributed by atoms with E-state index in [2.05, 4.69) is 18.7 Å². The van der Waals surface area contributed by atoms with Crippen molar-refractivity contribution in [3.8, 4) is 0 Å². The number of hydrogen-bond donors (Lipinski definition) is 0. The van der Waals surface area contributed by atoms with E-state index in [1.54, 1.807) is 12.1 Å². The van der Waals surface area contributed by atoms with Crippen molar-refractivity contribution in [2.75, 3.05) is 26.7 Å². The Morgan fingerprint density at radius 1 is 1.27 bits per heavy atom. The zero-order valence-corrected chi connectivity index (χ0v) is 14.6. The van der Waals surface area contributed by atoms with E-state index in [0.29, 0.717) is 16.5 Å². The van der Waals surface area contributed by atoms with Crippen LogP contribution in [-0.2, 0) is 0 Å². The summed E-state index contributed by atoms with van der Waals surface area (Å²) in [4.78, 5) is 17.1. The van der Waals surface area contributed by atoms with E-state index in [4.69, 9.17) is 11.6 Å². The summed E-state index contributed by atoms with van der Waals surface area (Å²) in [5.41, 5.74) is 0.596. The lowest BCUT2D eigenvalue weighted by Gasteiger charge is -2.33. The molecule has 0 radical (unpaired) electrons. The second-order valence-corrected chi connectivity index (χ2v) is 6.95. The molecule has 1 amide bonds. The van der Waals surface area contributed by atoms with Crippen molar-refractivity contribution in [2.45, 2.75) is 39.2 Å². The third-order valence-corrected chi connectivity index (χ3v) is 4.96. The van der Waals surface area contributed by atoms with Crippen LogP contribution in [0.4, 0.5) is 0 Å². The molecular weight excluding hydrogens is 296 g/mol. The maximum absolute atomic E-state index is 12.7. The van der Waals surface area contributed by atoms with Crippen LogP contribution in [0.25, 0.3) is 0 Å². The van der Waals surface area contributed by atoms with E-state index in [9.17, 15) is 4.79 Å². The molecule has 0 aliphatic carbocycles. The third kappa shape index (κ3) is 4.23. The Balaban J connectivity index is 2.03. The first-order valence-electron chi connectivity index (χ1n) is 8.24. The molecule has 3 nitrogen and oxygen atoms in total. The van der Waals surface area contributed by atoms with Crippen LogP contribution in [-0.4, -0.2) is 48.4 Å². The van der Waals surface area contributed by atoms with Crippen LogP contribution < -0.4 is 0 Å². The molecule has 1 aromatic carbocycles. The van der Waals surface area contributed by atoms with E-state index in [0.717, 1.165) is 13.0 Å². The Bertz CT molecular complexity index is 498. The highest BCUT2D eigenvalue weighted by Crippen LogP contribution is 2.21. The monoisotopic (exact) mass is 322 g/mol. The number of carbonyl (C=O) groups excluding carboxylic acids is 1. The molecule has 0 spiro atoms. The first kappa shape index (κ1) is 17.3. The predicted octanol–water partition coefficient (Wildman–Crippen LogP) is 3.92. The fraction of sp³-hybridized carbons (Fsp3) is 0.611. The Hall–Kier alpha value is -1.06. The quantitative estimate of drug-likeness (QED) is 0.792. The summed E-state index contributed by atoms with van der Waals surface area (Å²) < 4.78 is 0. The van der Waals surface area contributed by atoms with Crippen LogP contribution in [0.15, 0.2) is 24.3 Å². The number of likely N-dealkylation sites (tertiary alicyclic amines) is 1. The van der Waals surface area contributed by atoms with Crippen molar-refractivity contribution in [3.63, 3.8) is 0 Å². The standard InChI is InChI=1S/C18H27ClN2O/c1-14(2)17(10-13-21-11-6-7-12-21)20(3)18(22)15-8-4-5-9-16(15)19/h4-5,8-9,14,17H,6-7,10-13H2,1-3H3/t17-/m1/s1. The first-order chi connectivity index (χ1) is 10.5. The van der Waals surface area contributed by atoms with E-state index in [1.165, 1.54) is 25.9 Å². The van der Waals surface area contributed by atoms with E-state index < -0.39 is 0 Å². The maximum atomic E-state index is 12.7. The molecule has 2 rings (SSSR count). The van der Waals surface area contributed by atoms with Gasteiger partial charge in [0.15, 0.2) is 0 Å². The summed E-state index contributed by atoms with van der Waals surface area (Å²) >= 11 is 6.17. The van der Waals surface area contributed by atoms with Crippen molar-refractivity contribution in [1.82, 2.24) is 9.80 Å². The van der Waals surface area contributed by atoms with Crippen molar-refractivity contribution >= 4 is 17.5 Å². The van der Waals surface area contributed by atoms with Gasteiger partial charge in [-0.25, -0.2) is 0 Å². The van der Waals surface area contributed by atoms with E-state index >= 15 is 0 Å². The van der Waals surface area contributed by atoms with Gasteiger partial charge in [-0.05, 0) is 50.4 Å². The minimum Gasteiger partial charge on any atom is -0.338 e. The average molecular weight is 323 g/mol. The predicted molar refractivity (Wildman–Crippen MR) is 92.5 cm³/mol. The number of carbonyl (C=O) groups is 1. The summed E-state index contributed by atoms with van der Waals surface area (Å²) in [6.45, 7) is 7.85. The highest BCUT2D eigenvalue weighted by Gasteiger charge is 2.26. The molecule has 1 aromatic rings. The molecular formula is C18H27ClN2O. The lowest BCUT2D eigenvalue weighted by molar-refractivity contribution is 0.0666. The largest absolute Gasteiger partial charge is 0.338 e. The zero-order valence-electron chi connectivity index (χ0n) is 13.9. The third-order valence-electron chi connectivity index (χ3n) is 4.63. The Morgan fingerprint density at radius 3 is 2.50 bits per heavy atom. The van der Waals surface area contributed by atoms with E-state index in [1.807, 2.05) is 24.1 Å². The molecule has 0 unspecified atom stereocenters. The number of rotatable bonds is 6. The Labute approximate surface area is 139 Å². The topological polar surface area (TPSA) is 23.6 Å². The molecule has 4 heteroatoms. The molecule has 0 saturated carbocycles. The van der Waals surface area contributed by atoms with Gasteiger partial charge in [0.25, 0.3) is 5.91 Å². The molecule has 1 aliphatic heterocycles. The van der Waals surface area contributed by atoms with Crippen LogP contribution in [0.2, 0.25) is 5.02 Å². The molecule has 1 heterocycles. The Kier molecular flexibility index (Phi) is 6.27. The van der Waals surface area contributed by atoms with Crippen LogP contribution >= 0.6 is 11.6 Å². The smallest absolute Gasteiger partial charge is 0.255 e. The summed E-state index contributed by atoms with van der Waals surface area (Å²) in [5.74, 6) is 0.449. The van der Waals surface area contributed by atoms with Gasteiger partial charge in [0, 0.05) is 19.6 Å². The molecule has 122 valence electrons. The summed E-state index contributed by atoms with van der Waals surface area (Å²) in [6, 6.07) is 7.54. The van der Waals surface area contributed by atoms with Gasteiger partial charge < -0.3 is 9.80 Å².